The maximum absolute atomic E-state index is 12.1. The van der Waals surface area contributed by atoms with Crippen molar-refractivity contribution in [3.63, 3.8) is 0 Å². The number of carbonyl (C=O) groups is 1. The maximum atomic E-state index is 12.1. The standard InChI is InChI=1S/C20H28ClN3O/c21-18-7-4-8-19(15-18)24-13-11-23(12-14-24)16-20(25)22-10-9-17-5-2-1-3-6-17/h4-5,7-8,15H,1-3,6,9-14,16H2,(H,22,25). The van der Waals surface area contributed by atoms with Crippen LogP contribution in [0, 0.1) is 0 Å². The fourth-order valence-corrected chi connectivity index (χ4v) is 3.77. The van der Waals surface area contributed by atoms with Crippen LogP contribution < -0.4 is 10.2 Å². The summed E-state index contributed by atoms with van der Waals surface area (Å²) in [5.41, 5.74) is 2.68. The zero-order valence-corrected chi connectivity index (χ0v) is 15.6. The highest BCUT2D eigenvalue weighted by Gasteiger charge is 2.19. The van der Waals surface area contributed by atoms with Gasteiger partial charge in [0.2, 0.25) is 5.91 Å². The Balaban J connectivity index is 1.35. The van der Waals surface area contributed by atoms with E-state index in [0.717, 1.165) is 49.9 Å². The van der Waals surface area contributed by atoms with Crippen LogP contribution >= 0.6 is 11.6 Å². The topological polar surface area (TPSA) is 35.6 Å². The van der Waals surface area contributed by atoms with Gasteiger partial charge >= 0.3 is 0 Å². The molecule has 0 unspecified atom stereocenters. The molecule has 3 rings (SSSR count). The molecule has 1 aliphatic carbocycles. The van der Waals surface area contributed by atoms with Gasteiger partial charge in [0.1, 0.15) is 0 Å². The van der Waals surface area contributed by atoms with Crippen LogP contribution in [0.2, 0.25) is 5.02 Å². The molecular weight excluding hydrogens is 334 g/mol. The highest BCUT2D eigenvalue weighted by atomic mass is 35.5. The minimum atomic E-state index is 0.146. The van der Waals surface area contributed by atoms with Crippen LogP contribution in [0.15, 0.2) is 35.9 Å². The summed E-state index contributed by atoms with van der Waals surface area (Å²) in [6.07, 6.45) is 8.40. The van der Waals surface area contributed by atoms with Gasteiger partial charge in [0.05, 0.1) is 6.54 Å². The van der Waals surface area contributed by atoms with Crippen molar-refractivity contribution in [2.24, 2.45) is 0 Å². The normalized spacial score (nSPS) is 18.8. The van der Waals surface area contributed by atoms with Gasteiger partial charge in [-0.2, -0.15) is 0 Å². The van der Waals surface area contributed by atoms with E-state index in [0.29, 0.717) is 6.54 Å². The summed E-state index contributed by atoms with van der Waals surface area (Å²) in [6, 6.07) is 7.98. The number of anilines is 1. The average Bonchev–Trinajstić information content (AvgIpc) is 2.63. The van der Waals surface area contributed by atoms with Gasteiger partial charge in [-0.25, -0.2) is 0 Å². The number of hydrogen-bond donors (Lipinski definition) is 1. The van der Waals surface area contributed by atoms with Crippen LogP contribution in [0.5, 0.6) is 0 Å². The molecule has 1 aliphatic heterocycles. The number of hydrogen-bond acceptors (Lipinski definition) is 3. The Hall–Kier alpha value is -1.52. The number of benzene rings is 1. The first-order chi connectivity index (χ1) is 12.2. The number of piperazine rings is 1. The third kappa shape index (κ3) is 5.75. The molecule has 1 heterocycles. The van der Waals surface area contributed by atoms with E-state index in [1.165, 1.54) is 31.3 Å². The smallest absolute Gasteiger partial charge is 0.234 e. The summed E-state index contributed by atoms with van der Waals surface area (Å²) in [6.45, 7) is 4.95. The van der Waals surface area contributed by atoms with Crippen molar-refractivity contribution in [2.45, 2.75) is 32.1 Å². The third-order valence-corrected chi connectivity index (χ3v) is 5.30. The molecule has 136 valence electrons. The molecular formula is C20H28ClN3O. The fourth-order valence-electron chi connectivity index (χ4n) is 3.59. The summed E-state index contributed by atoms with van der Waals surface area (Å²) in [5.74, 6) is 0.146. The largest absolute Gasteiger partial charge is 0.369 e. The van der Waals surface area contributed by atoms with Gasteiger partial charge in [0, 0.05) is 43.4 Å². The Morgan fingerprint density at radius 3 is 2.72 bits per heavy atom. The van der Waals surface area contributed by atoms with Gasteiger partial charge in [0.15, 0.2) is 0 Å². The van der Waals surface area contributed by atoms with Crippen LogP contribution in [0.25, 0.3) is 0 Å². The number of allylic oxidation sites excluding steroid dienone is 1. The van der Waals surface area contributed by atoms with Crippen LogP contribution in [0.1, 0.15) is 32.1 Å². The van der Waals surface area contributed by atoms with Crippen molar-refractivity contribution in [1.82, 2.24) is 10.2 Å². The number of nitrogens with zero attached hydrogens (tertiary/aromatic N) is 2. The minimum Gasteiger partial charge on any atom is -0.369 e. The first-order valence-corrected chi connectivity index (χ1v) is 9.76. The van der Waals surface area contributed by atoms with Crippen molar-refractivity contribution in [3.8, 4) is 0 Å². The van der Waals surface area contributed by atoms with Crippen molar-refractivity contribution in [2.75, 3.05) is 44.2 Å². The van der Waals surface area contributed by atoms with Crippen molar-refractivity contribution < 1.29 is 4.79 Å². The maximum Gasteiger partial charge on any atom is 0.234 e. The molecule has 1 saturated heterocycles. The molecule has 1 amide bonds. The second kappa shape index (κ2) is 9.25. The lowest BCUT2D eigenvalue weighted by Crippen LogP contribution is -2.49. The molecule has 0 spiro atoms. The fraction of sp³-hybridized carbons (Fsp3) is 0.550. The molecule has 1 N–H and O–H groups in total. The van der Waals surface area contributed by atoms with E-state index in [4.69, 9.17) is 11.6 Å². The first-order valence-electron chi connectivity index (χ1n) is 9.38. The molecule has 25 heavy (non-hydrogen) atoms. The van der Waals surface area contributed by atoms with E-state index in [9.17, 15) is 4.79 Å². The number of nitrogens with one attached hydrogen (secondary N) is 1. The van der Waals surface area contributed by atoms with Crippen LogP contribution in [0.3, 0.4) is 0 Å². The summed E-state index contributed by atoms with van der Waals surface area (Å²) < 4.78 is 0. The summed E-state index contributed by atoms with van der Waals surface area (Å²) in [5, 5.41) is 3.85. The summed E-state index contributed by atoms with van der Waals surface area (Å²) in [4.78, 5) is 16.7. The van der Waals surface area contributed by atoms with E-state index in [2.05, 4.69) is 27.3 Å². The number of amides is 1. The number of rotatable bonds is 6. The molecule has 4 nitrogen and oxygen atoms in total. The van der Waals surface area contributed by atoms with Gasteiger partial charge in [-0.15, -0.1) is 0 Å². The van der Waals surface area contributed by atoms with Gasteiger partial charge in [-0.05, 0) is 50.3 Å². The lowest BCUT2D eigenvalue weighted by molar-refractivity contribution is -0.122. The Morgan fingerprint density at radius 2 is 2.00 bits per heavy atom. The summed E-state index contributed by atoms with van der Waals surface area (Å²) in [7, 11) is 0. The second-order valence-electron chi connectivity index (χ2n) is 6.95. The van der Waals surface area contributed by atoms with Gasteiger partial charge in [-0.3, -0.25) is 9.69 Å². The van der Waals surface area contributed by atoms with Gasteiger partial charge in [0.25, 0.3) is 0 Å². The molecule has 0 aromatic heterocycles. The van der Waals surface area contributed by atoms with Crippen LogP contribution in [0.4, 0.5) is 5.69 Å². The van der Waals surface area contributed by atoms with E-state index < -0.39 is 0 Å². The van der Waals surface area contributed by atoms with E-state index in [-0.39, 0.29) is 5.91 Å². The molecule has 2 aliphatic rings. The van der Waals surface area contributed by atoms with Gasteiger partial charge in [-0.1, -0.05) is 29.3 Å². The Labute approximate surface area is 155 Å². The SMILES string of the molecule is O=C(CN1CCN(c2cccc(Cl)c2)CC1)NCCC1=CCCCC1. The first kappa shape index (κ1) is 18.3. The Kier molecular flexibility index (Phi) is 6.76. The Morgan fingerprint density at radius 1 is 1.16 bits per heavy atom. The monoisotopic (exact) mass is 361 g/mol. The van der Waals surface area contributed by atoms with E-state index >= 15 is 0 Å². The molecule has 1 aromatic carbocycles. The zero-order chi connectivity index (χ0) is 17.5. The molecule has 0 radical (unpaired) electrons. The quantitative estimate of drug-likeness (QED) is 0.788. The predicted octanol–water partition coefficient (Wildman–Crippen LogP) is 3.47. The molecule has 0 saturated carbocycles. The van der Waals surface area contributed by atoms with Crippen molar-refractivity contribution in [1.29, 1.82) is 0 Å². The molecule has 0 atom stereocenters. The highest BCUT2D eigenvalue weighted by molar-refractivity contribution is 6.30. The minimum absolute atomic E-state index is 0.146. The molecule has 5 heteroatoms. The highest BCUT2D eigenvalue weighted by Crippen LogP contribution is 2.21. The summed E-state index contributed by atoms with van der Waals surface area (Å²) >= 11 is 6.07. The Bertz CT molecular complexity index is 609. The lowest BCUT2D eigenvalue weighted by Gasteiger charge is -2.35. The lowest BCUT2D eigenvalue weighted by atomic mass is 9.97. The molecule has 0 bridgehead atoms. The van der Waals surface area contributed by atoms with Crippen molar-refractivity contribution in [3.05, 3.63) is 40.9 Å². The average molecular weight is 362 g/mol. The zero-order valence-electron chi connectivity index (χ0n) is 14.8. The predicted molar refractivity (Wildman–Crippen MR) is 104 cm³/mol. The molecule has 1 aromatic rings. The van der Waals surface area contributed by atoms with Crippen LogP contribution in [-0.2, 0) is 4.79 Å². The number of halogens is 1. The van der Waals surface area contributed by atoms with Crippen molar-refractivity contribution >= 4 is 23.2 Å². The van der Waals surface area contributed by atoms with Gasteiger partial charge < -0.3 is 10.2 Å². The van der Waals surface area contributed by atoms with Crippen LogP contribution in [-0.4, -0.2) is 50.1 Å². The third-order valence-electron chi connectivity index (χ3n) is 5.07. The van der Waals surface area contributed by atoms with E-state index in [1.54, 1.807) is 0 Å². The van der Waals surface area contributed by atoms with E-state index in [1.807, 2.05) is 18.2 Å². The number of carbonyl (C=O) groups excluding carboxylic acids is 1. The second-order valence-corrected chi connectivity index (χ2v) is 7.39. The molecule has 1 fully saturated rings.